The number of carbonyl (C=O) groups excluding carboxylic acids is 1. The standard InChI is InChI=1S/C38H60O5Si2/c1-29(24-25-42-44(12,13)37(6,7)8)26-33(39)34(27-30(2)28-41-35(40)36(3,4)5)43-45(38(9,10)11,31-20-16-14-17-21-31)32-22-18-15-19-23-32/h14-23,27,33-34,39H,1,24-26,28H2,2-13H3/b30-27+/t33?,34-/m1/s1. The van der Waals surface area contributed by atoms with E-state index in [0.717, 1.165) is 21.5 Å². The van der Waals surface area contributed by atoms with Crippen molar-refractivity contribution >= 4 is 33.0 Å². The molecule has 2 atom stereocenters. The largest absolute Gasteiger partial charge is 0.461 e. The summed E-state index contributed by atoms with van der Waals surface area (Å²) in [6.07, 6.45) is 1.46. The molecule has 0 saturated carbocycles. The van der Waals surface area contributed by atoms with Crippen LogP contribution in [0.4, 0.5) is 0 Å². The zero-order valence-corrected chi connectivity index (χ0v) is 32.1. The van der Waals surface area contributed by atoms with Crippen LogP contribution in [0.25, 0.3) is 0 Å². The minimum absolute atomic E-state index is 0.126. The van der Waals surface area contributed by atoms with E-state index in [9.17, 15) is 9.90 Å². The Balaban J connectivity index is 2.51. The van der Waals surface area contributed by atoms with Gasteiger partial charge >= 0.3 is 5.97 Å². The van der Waals surface area contributed by atoms with Crippen molar-refractivity contribution < 1.29 is 23.5 Å². The van der Waals surface area contributed by atoms with Crippen molar-refractivity contribution in [1.82, 2.24) is 0 Å². The van der Waals surface area contributed by atoms with E-state index < -0.39 is 34.3 Å². The molecular formula is C38H60O5Si2. The van der Waals surface area contributed by atoms with Crippen molar-refractivity contribution in [2.75, 3.05) is 13.2 Å². The molecule has 0 bridgehead atoms. The average Bonchev–Trinajstić information content (AvgIpc) is 2.92. The normalized spacial score (nSPS) is 15.0. The monoisotopic (exact) mass is 652 g/mol. The second-order valence-corrected chi connectivity index (χ2v) is 25.0. The van der Waals surface area contributed by atoms with Crippen LogP contribution in [-0.4, -0.2) is 53.1 Å². The SMILES string of the molecule is C=C(CCO[Si](C)(C)C(C)(C)C)CC(O)[C@@H](/C=C(\C)COC(=O)C(C)(C)C)O[Si](c1ccccc1)(c1ccccc1)C(C)(C)C. The molecule has 0 saturated heterocycles. The van der Waals surface area contributed by atoms with E-state index in [-0.39, 0.29) is 22.7 Å². The highest BCUT2D eigenvalue weighted by atomic mass is 28.4. The van der Waals surface area contributed by atoms with E-state index in [1.165, 1.54) is 0 Å². The molecule has 1 unspecified atom stereocenters. The highest BCUT2D eigenvalue weighted by molar-refractivity contribution is 6.99. The Kier molecular flexibility index (Phi) is 13.4. The van der Waals surface area contributed by atoms with Gasteiger partial charge in [-0.1, -0.05) is 120 Å². The van der Waals surface area contributed by atoms with Crippen LogP contribution in [0.2, 0.25) is 23.2 Å². The van der Waals surface area contributed by atoms with Gasteiger partial charge < -0.3 is 18.7 Å². The van der Waals surface area contributed by atoms with Crippen LogP contribution in [-0.2, 0) is 18.4 Å². The van der Waals surface area contributed by atoms with Gasteiger partial charge in [0, 0.05) is 6.61 Å². The summed E-state index contributed by atoms with van der Waals surface area (Å²) in [5.74, 6) is -0.268. The van der Waals surface area contributed by atoms with E-state index in [1.807, 2.05) is 45.9 Å². The molecule has 0 amide bonds. The van der Waals surface area contributed by atoms with Gasteiger partial charge in [-0.25, -0.2) is 0 Å². The number of hydrogen-bond donors (Lipinski definition) is 1. The van der Waals surface area contributed by atoms with Crippen LogP contribution < -0.4 is 10.4 Å². The van der Waals surface area contributed by atoms with Crippen LogP contribution in [0.5, 0.6) is 0 Å². The maximum atomic E-state index is 12.6. The molecule has 0 heterocycles. The molecule has 2 rings (SSSR count). The Labute approximate surface area is 276 Å². The van der Waals surface area contributed by atoms with Crippen molar-refractivity contribution in [3.63, 3.8) is 0 Å². The average molecular weight is 653 g/mol. The summed E-state index contributed by atoms with van der Waals surface area (Å²) in [5.41, 5.74) is 1.14. The quantitative estimate of drug-likeness (QED) is 0.127. The molecule has 45 heavy (non-hydrogen) atoms. The van der Waals surface area contributed by atoms with Gasteiger partial charge in [0.2, 0.25) is 0 Å². The van der Waals surface area contributed by atoms with Crippen LogP contribution in [0.1, 0.15) is 82.1 Å². The summed E-state index contributed by atoms with van der Waals surface area (Å²) < 4.78 is 19.4. The van der Waals surface area contributed by atoms with Crippen LogP contribution >= 0.6 is 0 Å². The van der Waals surface area contributed by atoms with Crippen LogP contribution in [0.3, 0.4) is 0 Å². The molecular weight excluding hydrogens is 593 g/mol. The second kappa shape index (κ2) is 15.5. The fourth-order valence-corrected chi connectivity index (χ4v) is 10.7. The molecule has 0 aromatic heterocycles. The van der Waals surface area contributed by atoms with Crippen molar-refractivity contribution in [3.8, 4) is 0 Å². The van der Waals surface area contributed by atoms with Crippen LogP contribution in [0.15, 0.2) is 84.5 Å². The maximum Gasteiger partial charge on any atom is 0.311 e. The summed E-state index contributed by atoms with van der Waals surface area (Å²) in [6, 6.07) is 20.8. The lowest BCUT2D eigenvalue weighted by atomic mass is 9.97. The summed E-state index contributed by atoms with van der Waals surface area (Å²) >= 11 is 0. The van der Waals surface area contributed by atoms with Crippen molar-refractivity contribution in [2.24, 2.45) is 5.41 Å². The van der Waals surface area contributed by atoms with Crippen molar-refractivity contribution in [1.29, 1.82) is 0 Å². The number of rotatable bonds is 14. The third-order valence-corrected chi connectivity index (χ3v) is 18.4. The van der Waals surface area contributed by atoms with Crippen molar-refractivity contribution in [2.45, 2.75) is 117 Å². The number of aliphatic hydroxyl groups excluding tert-OH is 1. The first-order chi connectivity index (χ1) is 20.6. The fourth-order valence-electron chi connectivity index (χ4n) is 5.02. The first-order valence-corrected chi connectivity index (χ1v) is 21.1. The zero-order chi connectivity index (χ0) is 34.3. The van der Waals surface area contributed by atoms with E-state index in [1.54, 1.807) is 0 Å². The number of aliphatic hydroxyl groups is 1. The third-order valence-electron chi connectivity index (χ3n) is 8.82. The van der Waals surface area contributed by atoms with Gasteiger partial charge in [-0.2, -0.15) is 0 Å². The first-order valence-electron chi connectivity index (χ1n) is 16.2. The van der Waals surface area contributed by atoms with E-state index in [4.69, 9.17) is 13.6 Å². The maximum absolute atomic E-state index is 12.6. The molecule has 5 nitrogen and oxygen atoms in total. The van der Waals surface area contributed by atoms with Gasteiger partial charge in [-0.15, -0.1) is 0 Å². The molecule has 2 aromatic rings. The summed E-state index contributed by atoms with van der Waals surface area (Å²) in [6.45, 7) is 30.4. The first kappa shape index (κ1) is 38.9. The Bertz CT molecular complexity index is 1230. The molecule has 0 aliphatic heterocycles. The Morgan fingerprint density at radius 2 is 1.36 bits per heavy atom. The molecule has 0 fully saturated rings. The lowest BCUT2D eigenvalue weighted by Gasteiger charge is -2.45. The van der Waals surface area contributed by atoms with Gasteiger partial charge in [0.15, 0.2) is 8.32 Å². The van der Waals surface area contributed by atoms with Crippen LogP contribution in [0, 0.1) is 5.41 Å². The molecule has 0 aliphatic rings. The zero-order valence-electron chi connectivity index (χ0n) is 30.1. The second-order valence-electron chi connectivity index (χ2n) is 16.0. The lowest BCUT2D eigenvalue weighted by molar-refractivity contribution is -0.151. The molecule has 2 aromatic carbocycles. The predicted molar refractivity (Wildman–Crippen MR) is 194 cm³/mol. The summed E-state index contributed by atoms with van der Waals surface area (Å²) in [5, 5.41) is 14.0. The van der Waals surface area contributed by atoms with Gasteiger partial charge in [-0.05, 0) is 79.7 Å². The van der Waals surface area contributed by atoms with E-state index in [2.05, 4.69) is 110 Å². The van der Waals surface area contributed by atoms with Gasteiger partial charge in [0.05, 0.1) is 17.6 Å². The lowest BCUT2D eigenvalue weighted by Crippen LogP contribution is -2.68. The minimum Gasteiger partial charge on any atom is -0.461 e. The number of carbonyl (C=O) groups is 1. The van der Waals surface area contributed by atoms with E-state index >= 15 is 0 Å². The molecule has 0 radical (unpaired) electrons. The van der Waals surface area contributed by atoms with E-state index in [0.29, 0.717) is 19.4 Å². The Morgan fingerprint density at radius 1 is 0.867 bits per heavy atom. The highest BCUT2D eigenvalue weighted by Crippen LogP contribution is 2.39. The summed E-state index contributed by atoms with van der Waals surface area (Å²) in [4.78, 5) is 12.6. The smallest absolute Gasteiger partial charge is 0.311 e. The molecule has 0 aliphatic carbocycles. The Morgan fingerprint density at radius 3 is 1.78 bits per heavy atom. The fraction of sp³-hybridized carbons (Fsp3) is 0.553. The molecule has 250 valence electrons. The molecule has 0 spiro atoms. The molecule has 1 N–H and O–H groups in total. The minimum atomic E-state index is -3.00. The van der Waals surface area contributed by atoms with Gasteiger partial charge in [0.25, 0.3) is 8.32 Å². The van der Waals surface area contributed by atoms with Gasteiger partial charge in [0.1, 0.15) is 6.61 Å². The molecule has 7 heteroatoms. The van der Waals surface area contributed by atoms with Crippen molar-refractivity contribution in [3.05, 3.63) is 84.5 Å². The third kappa shape index (κ3) is 10.6. The number of ether oxygens (including phenoxy) is 1. The Hall–Kier alpha value is -2.30. The number of esters is 1. The predicted octanol–water partition coefficient (Wildman–Crippen LogP) is 8.19. The summed E-state index contributed by atoms with van der Waals surface area (Å²) in [7, 11) is -4.89. The topological polar surface area (TPSA) is 65.0 Å². The number of hydrogen-bond acceptors (Lipinski definition) is 5. The number of benzene rings is 2. The highest BCUT2D eigenvalue weighted by Gasteiger charge is 2.52. The van der Waals surface area contributed by atoms with Gasteiger partial charge in [-0.3, -0.25) is 4.79 Å².